The number of aromatic nitrogens is 2. The lowest BCUT2D eigenvalue weighted by molar-refractivity contribution is -0.145. The number of hydrogen-bond acceptors (Lipinski definition) is 8. The molecule has 0 saturated carbocycles. The molecule has 0 bridgehead atoms. The quantitative estimate of drug-likeness (QED) is 0.171. The summed E-state index contributed by atoms with van der Waals surface area (Å²) in [6.45, 7) is 2.66. The van der Waals surface area contributed by atoms with Crippen molar-refractivity contribution >= 4 is 36.3 Å². The number of aliphatic carboxylic acids is 1. The van der Waals surface area contributed by atoms with E-state index in [1.54, 1.807) is 0 Å². The Labute approximate surface area is 172 Å². The number of carboxylic acids is 1. The van der Waals surface area contributed by atoms with Crippen LogP contribution < -0.4 is 21.7 Å². The summed E-state index contributed by atoms with van der Waals surface area (Å²) in [5.74, 6) is -3.70. The minimum atomic E-state index is -1.56. The number of nitrogens with zero attached hydrogens (tertiary/aromatic N) is 1. The van der Waals surface area contributed by atoms with Crippen molar-refractivity contribution < 1.29 is 29.4 Å². The van der Waals surface area contributed by atoms with Crippen molar-refractivity contribution in [2.75, 3.05) is 5.75 Å². The summed E-state index contributed by atoms with van der Waals surface area (Å²) in [4.78, 5) is 54.7. The molecule has 0 fully saturated rings. The first-order valence-corrected chi connectivity index (χ1v) is 9.35. The van der Waals surface area contributed by atoms with Crippen LogP contribution in [-0.2, 0) is 25.6 Å². The van der Waals surface area contributed by atoms with Crippen molar-refractivity contribution in [1.82, 2.24) is 25.9 Å². The third-order valence-corrected chi connectivity index (χ3v) is 4.25. The van der Waals surface area contributed by atoms with Crippen LogP contribution in [-0.4, -0.2) is 79.9 Å². The highest BCUT2D eigenvalue weighted by Gasteiger charge is 2.31. The van der Waals surface area contributed by atoms with E-state index in [0.717, 1.165) is 0 Å². The molecule has 13 heteroatoms. The maximum Gasteiger partial charge on any atom is 0.328 e. The van der Waals surface area contributed by atoms with Crippen molar-refractivity contribution in [3.8, 4) is 0 Å². The van der Waals surface area contributed by atoms with E-state index in [9.17, 15) is 24.3 Å². The molecule has 5 unspecified atom stereocenters. The molecule has 29 heavy (non-hydrogen) atoms. The summed E-state index contributed by atoms with van der Waals surface area (Å²) in [7, 11) is 0. The Morgan fingerprint density at radius 3 is 2.17 bits per heavy atom. The molecule has 0 aliphatic carbocycles. The summed E-state index contributed by atoms with van der Waals surface area (Å²) in [5, 5.41) is 25.6. The van der Waals surface area contributed by atoms with Gasteiger partial charge in [0.15, 0.2) is 6.04 Å². The number of amides is 3. The number of imidazole rings is 1. The number of carbonyl (C=O) groups is 4. The number of H-pyrrole nitrogens is 1. The van der Waals surface area contributed by atoms with Gasteiger partial charge in [-0.2, -0.15) is 12.6 Å². The van der Waals surface area contributed by atoms with Gasteiger partial charge in [0.25, 0.3) is 0 Å². The monoisotopic (exact) mass is 430 g/mol. The summed E-state index contributed by atoms with van der Waals surface area (Å²) in [6.07, 6.45) is 1.58. The van der Waals surface area contributed by atoms with E-state index in [-0.39, 0.29) is 12.2 Å². The molecular weight excluding hydrogens is 404 g/mol. The number of aliphatic hydroxyl groups is 1. The molecule has 1 heterocycles. The number of carbonyl (C=O) groups excluding carboxylic acids is 3. The fraction of sp³-hybridized carbons (Fsp3) is 0.562. The fourth-order valence-electron chi connectivity index (χ4n) is 2.24. The van der Waals surface area contributed by atoms with E-state index in [2.05, 4.69) is 38.5 Å². The van der Waals surface area contributed by atoms with Crippen LogP contribution in [0.5, 0.6) is 0 Å². The Hall–Kier alpha value is -2.64. The molecule has 12 nitrogen and oxygen atoms in total. The summed E-state index contributed by atoms with van der Waals surface area (Å²) in [5.41, 5.74) is 6.08. The fourth-order valence-corrected chi connectivity index (χ4v) is 2.49. The molecule has 1 aromatic rings. The van der Waals surface area contributed by atoms with E-state index < -0.39 is 54.0 Å². The van der Waals surface area contributed by atoms with Crippen molar-refractivity contribution in [1.29, 1.82) is 0 Å². The highest BCUT2D eigenvalue weighted by Crippen LogP contribution is 2.02. The molecular formula is C16H26N6O6S. The number of thiol groups is 1. The van der Waals surface area contributed by atoms with E-state index in [1.807, 2.05) is 0 Å². The molecule has 3 amide bonds. The zero-order valence-corrected chi connectivity index (χ0v) is 16.8. The lowest BCUT2D eigenvalue weighted by atomic mass is 10.1. The van der Waals surface area contributed by atoms with Crippen LogP contribution in [0.15, 0.2) is 12.5 Å². The standard InChI is InChI=1S/C16H26N6O6S/c1-7(17)13(24)20-10(3-9-4-18-6-19-9)14(25)21-11(5-29)15(26)22-12(8(2)23)16(27)28/h4,6-8,10-12,23,29H,3,5,17H2,1-2H3,(H,18,19)(H,20,24)(H,21,25)(H,22,26)(H,27,28). The Morgan fingerprint density at radius 2 is 1.72 bits per heavy atom. The van der Waals surface area contributed by atoms with Crippen molar-refractivity contribution in [3.05, 3.63) is 18.2 Å². The van der Waals surface area contributed by atoms with Gasteiger partial charge in [0.1, 0.15) is 12.1 Å². The van der Waals surface area contributed by atoms with Crippen LogP contribution in [0.1, 0.15) is 19.5 Å². The predicted octanol–water partition coefficient (Wildman–Crippen LogP) is -2.85. The van der Waals surface area contributed by atoms with E-state index in [0.29, 0.717) is 5.69 Å². The molecule has 0 aromatic carbocycles. The Morgan fingerprint density at radius 1 is 1.14 bits per heavy atom. The number of aliphatic hydroxyl groups excluding tert-OH is 1. The molecule has 8 N–H and O–H groups in total. The smallest absolute Gasteiger partial charge is 0.328 e. The van der Waals surface area contributed by atoms with E-state index >= 15 is 0 Å². The Balaban J connectivity index is 2.89. The van der Waals surface area contributed by atoms with Gasteiger partial charge in [-0.05, 0) is 13.8 Å². The third-order valence-electron chi connectivity index (χ3n) is 3.89. The first-order chi connectivity index (χ1) is 13.6. The lowest BCUT2D eigenvalue weighted by Gasteiger charge is -2.24. The highest BCUT2D eigenvalue weighted by atomic mass is 32.1. The molecule has 0 spiro atoms. The van der Waals surface area contributed by atoms with Crippen molar-refractivity contribution in [2.45, 2.75) is 50.5 Å². The van der Waals surface area contributed by atoms with E-state index in [1.165, 1.54) is 26.4 Å². The minimum Gasteiger partial charge on any atom is -0.480 e. The van der Waals surface area contributed by atoms with Crippen LogP contribution in [0.3, 0.4) is 0 Å². The largest absolute Gasteiger partial charge is 0.480 e. The Bertz CT molecular complexity index is 711. The number of rotatable bonds is 11. The number of hydrogen-bond donors (Lipinski definition) is 8. The minimum absolute atomic E-state index is 0.0522. The highest BCUT2D eigenvalue weighted by molar-refractivity contribution is 7.80. The van der Waals surface area contributed by atoms with Gasteiger partial charge in [-0.15, -0.1) is 0 Å². The second-order valence-corrected chi connectivity index (χ2v) is 6.80. The molecule has 1 rings (SSSR count). The second kappa shape index (κ2) is 11.4. The van der Waals surface area contributed by atoms with Gasteiger partial charge in [-0.3, -0.25) is 14.4 Å². The van der Waals surface area contributed by atoms with Crippen LogP contribution >= 0.6 is 12.6 Å². The van der Waals surface area contributed by atoms with Gasteiger partial charge in [0.2, 0.25) is 17.7 Å². The number of aromatic amines is 1. The average molecular weight is 430 g/mol. The first kappa shape index (κ1) is 24.4. The SMILES string of the molecule is CC(N)C(=O)NC(Cc1cnc[nH]1)C(=O)NC(CS)C(=O)NC(C(=O)O)C(C)O. The van der Waals surface area contributed by atoms with Gasteiger partial charge in [0.05, 0.1) is 18.5 Å². The summed E-state index contributed by atoms with van der Waals surface area (Å²) < 4.78 is 0. The maximum atomic E-state index is 12.7. The summed E-state index contributed by atoms with van der Waals surface area (Å²) in [6, 6.07) is -4.70. The van der Waals surface area contributed by atoms with Gasteiger partial charge in [0, 0.05) is 24.1 Å². The lowest BCUT2D eigenvalue weighted by Crippen LogP contribution is -2.59. The molecule has 0 aliphatic rings. The number of carboxylic acid groups (broad SMARTS) is 1. The molecule has 1 aromatic heterocycles. The normalized spacial score (nSPS) is 16.0. The first-order valence-electron chi connectivity index (χ1n) is 8.72. The molecule has 162 valence electrons. The topological polar surface area (TPSA) is 200 Å². The van der Waals surface area contributed by atoms with Crippen molar-refractivity contribution in [3.63, 3.8) is 0 Å². The number of nitrogens with two attached hydrogens (primary N) is 1. The van der Waals surface area contributed by atoms with Crippen LogP contribution in [0.4, 0.5) is 0 Å². The van der Waals surface area contributed by atoms with Crippen LogP contribution in [0.2, 0.25) is 0 Å². The van der Waals surface area contributed by atoms with Crippen molar-refractivity contribution in [2.24, 2.45) is 5.73 Å². The molecule has 5 atom stereocenters. The zero-order valence-electron chi connectivity index (χ0n) is 16.0. The second-order valence-electron chi connectivity index (χ2n) is 6.44. The van der Waals surface area contributed by atoms with Crippen LogP contribution in [0.25, 0.3) is 0 Å². The average Bonchev–Trinajstić information content (AvgIpc) is 3.15. The van der Waals surface area contributed by atoms with Gasteiger partial charge in [-0.1, -0.05) is 0 Å². The van der Waals surface area contributed by atoms with Gasteiger partial charge >= 0.3 is 5.97 Å². The van der Waals surface area contributed by atoms with Gasteiger partial charge in [-0.25, -0.2) is 9.78 Å². The third kappa shape index (κ3) is 7.71. The number of nitrogens with one attached hydrogen (secondary N) is 4. The zero-order chi connectivity index (χ0) is 22.1. The Kier molecular flexibility index (Phi) is 9.58. The maximum absolute atomic E-state index is 12.7. The van der Waals surface area contributed by atoms with Gasteiger partial charge < -0.3 is 36.9 Å². The molecule has 0 radical (unpaired) electrons. The van der Waals surface area contributed by atoms with E-state index in [4.69, 9.17) is 10.8 Å². The molecule has 0 aliphatic heterocycles. The molecule has 0 saturated heterocycles. The summed E-state index contributed by atoms with van der Waals surface area (Å²) >= 11 is 4.01. The van der Waals surface area contributed by atoms with Crippen LogP contribution in [0, 0.1) is 0 Å². The predicted molar refractivity (Wildman–Crippen MR) is 105 cm³/mol.